The molecule has 3 aromatic rings. The fourth-order valence-corrected chi connectivity index (χ4v) is 3.41. The number of hydrogen-bond acceptors (Lipinski definition) is 2. The van der Waals surface area contributed by atoms with Crippen LogP contribution in [0, 0.1) is 5.82 Å². The van der Waals surface area contributed by atoms with Gasteiger partial charge in [-0.25, -0.2) is 4.39 Å². The summed E-state index contributed by atoms with van der Waals surface area (Å²) in [4.78, 5) is 0. The third-order valence-corrected chi connectivity index (χ3v) is 4.58. The lowest BCUT2D eigenvalue weighted by Crippen LogP contribution is -1.95. The molecule has 0 atom stereocenters. The number of nitrogens with one attached hydrogen (secondary N) is 2. The molecule has 0 aliphatic carbocycles. The monoisotopic (exact) mass is 330 g/mol. The second-order valence-electron chi connectivity index (χ2n) is 6.16. The van der Waals surface area contributed by atoms with Gasteiger partial charge in [-0.05, 0) is 46.9 Å². The van der Waals surface area contributed by atoms with Crippen molar-refractivity contribution in [2.75, 3.05) is 10.6 Å². The highest BCUT2D eigenvalue weighted by Gasteiger charge is 2.17. The molecule has 0 unspecified atom stereocenters. The summed E-state index contributed by atoms with van der Waals surface area (Å²) >= 11 is 0. The Morgan fingerprint density at radius 3 is 2.44 bits per heavy atom. The molecule has 1 aliphatic rings. The van der Waals surface area contributed by atoms with Crippen LogP contribution in [-0.2, 0) is 6.42 Å². The first-order valence-corrected chi connectivity index (χ1v) is 8.41. The summed E-state index contributed by atoms with van der Waals surface area (Å²) in [6, 6.07) is 19.2. The normalized spacial score (nSPS) is 12.5. The predicted octanol–water partition coefficient (Wildman–Crippen LogP) is 6.03. The van der Waals surface area contributed by atoms with Crippen LogP contribution in [0.15, 0.2) is 73.1 Å². The average Bonchev–Trinajstić information content (AvgIpc) is 3.00. The van der Waals surface area contributed by atoms with E-state index in [0.717, 1.165) is 40.3 Å². The summed E-state index contributed by atoms with van der Waals surface area (Å²) in [6.45, 7) is 6.03. The molecule has 0 fully saturated rings. The van der Waals surface area contributed by atoms with Crippen molar-refractivity contribution in [1.82, 2.24) is 0 Å². The van der Waals surface area contributed by atoms with Crippen LogP contribution in [0.25, 0.3) is 22.3 Å². The third-order valence-electron chi connectivity index (χ3n) is 4.58. The molecule has 0 spiro atoms. The van der Waals surface area contributed by atoms with Crippen LogP contribution < -0.4 is 10.6 Å². The van der Waals surface area contributed by atoms with Gasteiger partial charge in [0.15, 0.2) is 0 Å². The second kappa shape index (κ2) is 6.10. The summed E-state index contributed by atoms with van der Waals surface area (Å²) in [6.07, 6.45) is 0.882. The standard InChI is InChI=1S/C22H19FN2/c1-3-15-7-6-9-18(17-8-4-5-10-19(17)23)22(15)16-11-12-20-21(13-16)25-14(2)24-20/h4-13,24-25H,2-3H2,1H3. The van der Waals surface area contributed by atoms with E-state index < -0.39 is 0 Å². The van der Waals surface area contributed by atoms with Gasteiger partial charge in [-0.1, -0.05) is 56.0 Å². The topological polar surface area (TPSA) is 24.1 Å². The molecule has 0 saturated carbocycles. The Hall–Kier alpha value is -3.07. The van der Waals surface area contributed by atoms with Crippen LogP contribution in [0.5, 0.6) is 0 Å². The van der Waals surface area contributed by atoms with Gasteiger partial charge >= 0.3 is 0 Å². The van der Waals surface area contributed by atoms with E-state index in [1.54, 1.807) is 6.07 Å². The molecule has 3 heteroatoms. The van der Waals surface area contributed by atoms with Gasteiger partial charge in [0.05, 0.1) is 11.4 Å². The molecule has 0 aromatic heterocycles. The van der Waals surface area contributed by atoms with Crippen molar-refractivity contribution in [2.24, 2.45) is 0 Å². The molecule has 2 nitrogen and oxygen atoms in total. The molecular formula is C22H19FN2. The van der Waals surface area contributed by atoms with Crippen LogP contribution in [-0.4, -0.2) is 0 Å². The first-order valence-electron chi connectivity index (χ1n) is 8.41. The molecule has 1 aliphatic heterocycles. The molecule has 3 aromatic carbocycles. The molecule has 0 amide bonds. The minimum atomic E-state index is -0.202. The van der Waals surface area contributed by atoms with E-state index in [4.69, 9.17) is 0 Å². The summed E-state index contributed by atoms with van der Waals surface area (Å²) in [5.41, 5.74) is 6.90. The number of anilines is 2. The SMILES string of the molecule is C=C1Nc2ccc(-c3c(CC)cccc3-c3ccccc3F)cc2N1. The number of benzene rings is 3. The van der Waals surface area contributed by atoms with E-state index in [-0.39, 0.29) is 5.82 Å². The van der Waals surface area contributed by atoms with Crippen molar-refractivity contribution in [2.45, 2.75) is 13.3 Å². The zero-order chi connectivity index (χ0) is 17.4. The molecule has 2 N–H and O–H groups in total. The lowest BCUT2D eigenvalue weighted by Gasteiger charge is -2.16. The minimum absolute atomic E-state index is 0.202. The number of rotatable bonds is 3. The maximum absolute atomic E-state index is 14.4. The molecule has 0 saturated heterocycles. The van der Waals surface area contributed by atoms with Gasteiger partial charge in [-0.2, -0.15) is 0 Å². The van der Waals surface area contributed by atoms with E-state index in [0.29, 0.717) is 5.56 Å². The van der Waals surface area contributed by atoms with E-state index in [1.807, 2.05) is 30.3 Å². The molecule has 1 heterocycles. The summed E-state index contributed by atoms with van der Waals surface area (Å²) < 4.78 is 14.4. The van der Waals surface area contributed by atoms with Gasteiger partial charge in [0.2, 0.25) is 0 Å². The van der Waals surface area contributed by atoms with Crippen molar-refractivity contribution in [3.8, 4) is 22.3 Å². The van der Waals surface area contributed by atoms with Gasteiger partial charge in [-0.15, -0.1) is 0 Å². The Morgan fingerprint density at radius 1 is 0.880 bits per heavy atom. The maximum atomic E-state index is 14.4. The second-order valence-corrected chi connectivity index (χ2v) is 6.16. The van der Waals surface area contributed by atoms with Crippen LogP contribution in [0.1, 0.15) is 12.5 Å². The Balaban J connectivity index is 1.94. The van der Waals surface area contributed by atoms with E-state index in [1.165, 1.54) is 11.6 Å². The largest absolute Gasteiger partial charge is 0.341 e. The third kappa shape index (κ3) is 2.68. The number of aryl methyl sites for hydroxylation is 1. The summed E-state index contributed by atoms with van der Waals surface area (Å²) in [5.74, 6) is 0.566. The van der Waals surface area contributed by atoms with E-state index >= 15 is 0 Å². The zero-order valence-electron chi connectivity index (χ0n) is 14.1. The number of hydrogen-bond donors (Lipinski definition) is 2. The quantitative estimate of drug-likeness (QED) is 0.612. The van der Waals surface area contributed by atoms with Crippen molar-refractivity contribution < 1.29 is 4.39 Å². The smallest absolute Gasteiger partial charge is 0.131 e. The molecule has 0 bridgehead atoms. The van der Waals surface area contributed by atoms with Gasteiger partial charge in [0.25, 0.3) is 0 Å². The molecule has 4 rings (SSSR count). The van der Waals surface area contributed by atoms with Gasteiger partial charge in [0, 0.05) is 5.56 Å². The Kier molecular flexibility index (Phi) is 3.77. The van der Waals surface area contributed by atoms with Crippen molar-refractivity contribution in [3.05, 3.63) is 84.4 Å². The zero-order valence-corrected chi connectivity index (χ0v) is 14.1. The molecular weight excluding hydrogens is 311 g/mol. The van der Waals surface area contributed by atoms with Crippen molar-refractivity contribution in [1.29, 1.82) is 0 Å². The van der Waals surface area contributed by atoms with E-state index in [9.17, 15) is 4.39 Å². The summed E-state index contributed by atoms with van der Waals surface area (Å²) in [7, 11) is 0. The van der Waals surface area contributed by atoms with Crippen molar-refractivity contribution in [3.63, 3.8) is 0 Å². The number of halogens is 1. The van der Waals surface area contributed by atoms with Gasteiger partial charge < -0.3 is 10.6 Å². The fourth-order valence-electron chi connectivity index (χ4n) is 3.41. The van der Waals surface area contributed by atoms with E-state index in [2.05, 4.69) is 42.3 Å². The average molecular weight is 330 g/mol. The molecule has 124 valence electrons. The maximum Gasteiger partial charge on any atom is 0.131 e. The van der Waals surface area contributed by atoms with Crippen LogP contribution in [0.3, 0.4) is 0 Å². The minimum Gasteiger partial charge on any atom is -0.341 e. The predicted molar refractivity (Wildman–Crippen MR) is 103 cm³/mol. The van der Waals surface area contributed by atoms with Crippen LogP contribution in [0.2, 0.25) is 0 Å². The fraction of sp³-hybridized carbons (Fsp3) is 0.0909. The van der Waals surface area contributed by atoms with Crippen LogP contribution in [0.4, 0.5) is 15.8 Å². The highest BCUT2D eigenvalue weighted by Crippen LogP contribution is 2.40. The Morgan fingerprint density at radius 2 is 1.64 bits per heavy atom. The van der Waals surface area contributed by atoms with Crippen molar-refractivity contribution >= 4 is 11.4 Å². The van der Waals surface area contributed by atoms with Gasteiger partial charge in [-0.3, -0.25) is 0 Å². The Bertz CT molecular complexity index is 976. The summed E-state index contributed by atoms with van der Waals surface area (Å²) in [5, 5.41) is 6.43. The van der Waals surface area contributed by atoms with Crippen LogP contribution >= 0.6 is 0 Å². The molecule has 0 radical (unpaired) electrons. The highest BCUT2D eigenvalue weighted by atomic mass is 19.1. The lowest BCUT2D eigenvalue weighted by atomic mass is 9.89. The highest BCUT2D eigenvalue weighted by molar-refractivity contribution is 5.90. The van der Waals surface area contributed by atoms with Gasteiger partial charge in [0.1, 0.15) is 11.6 Å². The number of fused-ring (bicyclic) bond motifs is 1. The first-order chi connectivity index (χ1) is 12.2. The molecule has 25 heavy (non-hydrogen) atoms. The lowest BCUT2D eigenvalue weighted by molar-refractivity contribution is 0.631. The Labute approximate surface area is 147 Å². The first kappa shape index (κ1) is 15.5.